The van der Waals surface area contributed by atoms with Crippen LogP contribution >= 0.6 is 0 Å². The minimum atomic E-state index is -0.196. The fourth-order valence-electron chi connectivity index (χ4n) is 2.78. The summed E-state index contributed by atoms with van der Waals surface area (Å²) in [6, 6.07) is 6.23. The maximum Gasteiger partial charge on any atom is 0.228 e. The fourth-order valence-corrected chi connectivity index (χ4v) is 2.78. The van der Waals surface area contributed by atoms with E-state index in [1.807, 2.05) is 39.0 Å². The Hall–Kier alpha value is -1.84. The lowest BCUT2D eigenvalue weighted by atomic mass is 9.98. The second-order valence-electron chi connectivity index (χ2n) is 6.95. The van der Waals surface area contributed by atoms with Crippen molar-refractivity contribution in [2.24, 2.45) is 11.8 Å². The number of hydrogen-bond donors (Lipinski definition) is 2. The van der Waals surface area contributed by atoms with E-state index in [2.05, 4.69) is 24.5 Å². The lowest BCUT2D eigenvalue weighted by molar-refractivity contribution is -0.125. The molecule has 4 nitrogen and oxygen atoms in total. The third kappa shape index (κ3) is 4.12. The molecule has 1 aliphatic carbocycles. The van der Waals surface area contributed by atoms with Crippen molar-refractivity contribution in [3.05, 3.63) is 29.3 Å². The smallest absolute Gasteiger partial charge is 0.228 e. The average Bonchev–Trinajstić information content (AvgIpc) is 3.29. The van der Waals surface area contributed by atoms with E-state index in [4.69, 9.17) is 0 Å². The van der Waals surface area contributed by atoms with E-state index in [9.17, 15) is 9.59 Å². The van der Waals surface area contributed by atoms with Crippen molar-refractivity contribution in [2.45, 2.75) is 59.4 Å². The van der Waals surface area contributed by atoms with Crippen LogP contribution in [0.4, 0.5) is 5.69 Å². The number of hydrogen-bond acceptors (Lipinski definition) is 2. The van der Waals surface area contributed by atoms with Crippen LogP contribution in [0.5, 0.6) is 0 Å². The van der Waals surface area contributed by atoms with Gasteiger partial charge in [0.2, 0.25) is 11.8 Å². The van der Waals surface area contributed by atoms with Gasteiger partial charge in [-0.3, -0.25) is 9.59 Å². The summed E-state index contributed by atoms with van der Waals surface area (Å²) in [7, 11) is 0. The first-order chi connectivity index (χ1) is 10.8. The van der Waals surface area contributed by atoms with Crippen LogP contribution in [0.25, 0.3) is 0 Å². The summed E-state index contributed by atoms with van der Waals surface area (Å²) < 4.78 is 0. The molecule has 0 bridgehead atoms. The topological polar surface area (TPSA) is 58.2 Å². The van der Waals surface area contributed by atoms with E-state index in [0.29, 0.717) is 12.3 Å². The molecule has 0 radical (unpaired) electrons. The van der Waals surface area contributed by atoms with Crippen molar-refractivity contribution in [1.82, 2.24) is 5.32 Å². The van der Waals surface area contributed by atoms with Crippen LogP contribution in [0.3, 0.4) is 0 Å². The van der Waals surface area contributed by atoms with E-state index in [-0.39, 0.29) is 29.7 Å². The van der Waals surface area contributed by atoms with E-state index < -0.39 is 0 Å². The van der Waals surface area contributed by atoms with Gasteiger partial charge < -0.3 is 10.6 Å². The summed E-state index contributed by atoms with van der Waals surface area (Å²) >= 11 is 0. The van der Waals surface area contributed by atoms with E-state index in [1.54, 1.807) is 0 Å². The highest BCUT2D eigenvalue weighted by atomic mass is 16.2. The minimum absolute atomic E-state index is 0.00775. The van der Waals surface area contributed by atoms with Crippen LogP contribution in [0.15, 0.2) is 18.2 Å². The van der Waals surface area contributed by atoms with E-state index in [1.165, 1.54) is 0 Å². The van der Waals surface area contributed by atoms with Crippen LogP contribution in [0, 0.1) is 18.8 Å². The standard InChI is InChI=1S/C19H28N2O2/c1-6-13(5)20-18(22)15-10-16(15)19(23)21-17-12(4)8-7-9-14(17)11(2)3/h7-9,11,13,15-16H,6,10H2,1-5H3,(H,20,22)(H,21,23). The predicted molar refractivity (Wildman–Crippen MR) is 93.4 cm³/mol. The molecule has 1 aromatic carbocycles. The van der Waals surface area contributed by atoms with Gasteiger partial charge in [0.1, 0.15) is 0 Å². The Bertz CT molecular complexity index is 595. The monoisotopic (exact) mass is 316 g/mol. The van der Waals surface area contributed by atoms with Gasteiger partial charge in [0, 0.05) is 11.7 Å². The highest BCUT2D eigenvalue weighted by molar-refractivity contribution is 6.00. The number of carbonyl (C=O) groups excluding carboxylic acids is 2. The third-order valence-corrected chi connectivity index (χ3v) is 4.64. The first-order valence-corrected chi connectivity index (χ1v) is 8.55. The second kappa shape index (κ2) is 7.16. The molecule has 0 spiro atoms. The summed E-state index contributed by atoms with van der Waals surface area (Å²) in [5, 5.41) is 6.02. The lowest BCUT2D eigenvalue weighted by Crippen LogP contribution is -2.34. The first-order valence-electron chi connectivity index (χ1n) is 8.55. The molecule has 1 fully saturated rings. The average molecular weight is 316 g/mol. The third-order valence-electron chi connectivity index (χ3n) is 4.64. The molecule has 0 heterocycles. The first kappa shape index (κ1) is 17.5. The van der Waals surface area contributed by atoms with Crippen LogP contribution in [-0.4, -0.2) is 17.9 Å². The molecule has 23 heavy (non-hydrogen) atoms. The fraction of sp³-hybridized carbons (Fsp3) is 0.579. The number of anilines is 1. The molecule has 3 unspecified atom stereocenters. The van der Waals surface area contributed by atoms with Crippen molar-refractivity contribution >= 4 is 17.5 Å². The molecule has 2 N–H and O–H groups in total. The molecule has 0 saturated heterocycles. The van der Waals surface area contributed by atoms with Gasteiger partial charge in [0.05, 0.1) is 11.8 Å². The molecule has 126 valence electrons. The van der Waals surface area contributed by atoms with E-state index in [0.717, 1.165) is 23.2 Å². The van der Waals surface area contributed by atoms with Gasteiger partial charge in [0.25, 0.3) is 0 Å². The Kier molecular flexibility index (Phi) is 5.45. The maximum absolute atomic E-state index is 12.5. The molecule has 1 saturated carbocycles. The number of para-hydroxylation sites is 1. The van der Waals surface area contributed by atoms with Gasteiger partial charge in [-0.05, 0) is 43.7 Å². The van der Waals surface area contributed by atoms with Gasteiger partial charge in [0.15, 0.2) is 0 Å². The van der Waals surface area contributed by atoms with Gasteiger partial charge in [-0.25, -0.2) is 0 Å². The summed E-state index contributed by atoms with van der Waals surface area (Å²) in [6.07, 6.45) is 1.55. The van der Waals surface area contributed by atoms with Gasteiger partial charge >= 0.3 is 0 Å². The molecule has 0 aliphatic heterocycles. The molecule has 3 atom stereocenters. The zero-order chi connectivity index (χ0) is 17.1. The molecule has 1 aromatic rings. The van der Waals surface area contributed by atoms with Crippen LogP contribution in [0.1, 0.15) is 57.6 Å². The van der Waals surface area contributed by atoms with Crippen molar-refractivity contribution in [3.63, 3.8) is 0 Å². The van der Waals surface area contributed by atoms with Gasteiger partial charge in [-0.2, -0.15) is 0 Å². The van der Waals surface area contributed by atoms with Crippen LogP contribution in [0.2, 0.25) is 0 Å². The molecular formula is C19H28N2O2. The minimum Gasteiger partial charge on any atom is -0.353 e. The SMILES string of the molecule is CCC(C)NC(=O)C1CC1C(=O)Nc1c(C)cccc1C(C)C. The summed E-state index contributed by atoms with van der Waals surface area (Å²) in [5.41, 5.74) is 3.10. The molecule has 4 heteroatoms. The lowest BCUT2D eigenvalue weighted by Gasteiger charge is -2.16. The van der Waals surface area contributed by atoms with Crippen molar-refractivity contribution in [3.8, 4) is 0 Å². The highest BCUT2D eigenvalue weighted by Gasteiger charge is 2.48. The molecule has 0 aromatic heterocycles. The van der Waals surface area contributed by atoms with Crippen molar-refractivity contribution < 1.29 is 9.59 Å². The molecule has 1 aliphatic rings. The van der Waals surface area contributed by atoms with Crippen molar-refractivity contribution in [1.29, 1.82) is 0 Å². The number of amides is 2. The number of benzene rings is 1. The Morgan fingerprint density at radius 1 is 1.17 bits per heavy atom. The largest absolute Gasteiger partial charge is 0.353 e. The Morgan fingerprint density at radius 2 is 1.83 bits per heavy atom. The predicted octanol–water partition coefficient (Wildman–Crippen LogP) is 3.61. The maximum atomic E-state index is 12.5. The van der Waals surface area contributed by atoms with Gasteiger partial charge in [-0.1, -0.05) is 39.0 Å². The Balaban J connectivity index is 2.01. The van der Waals surface area contributed by atoms with Crippen LogP contribution in [-0.2, 0) is 9.59 Å². The Labute approximate surface area is 139 Å². The molecule has 2 rings (SSSR count). The zero-order valence-electron chi connectivity index (χ0n) is 14.8. The second-order valence-corrected chi connectivity index (χ2v) is 6.95. The summed E-state index contributed by atoms with van der Waals surface area (Å²) in [5.74, 6) is -0.0537. The molecular weight excluding hydrogens is 288 g/mol. The number of carbonyl (C=O) groups is 2. The number of aryl methyl sites for hydroxylation is 1. The van der Waals surface area contributed by atoms with Crippen LogP contribution < -0.4 is 10.6 Å². The summed E-state index contributed by atoms with van der Waals surface area (Å²) in [6.45, 7) is 10.3. The van der Waals surface area contributed by atoms with Gasteiger partial charge in [-0.15, -0.1) is 0 Å². The van der Waals surface area contributed by atoms with E-state index >= 15 is 0 Å². The number of nitrogens with one attached hydrogen (secondary N) is 2. The summed E-state index contributed by atoms with van der Waals surface area (Å²) in [4.78, 5) is 24.6. The van der Waals surface area contributed by atoms with Crippen molar-refractivity contribution in [2.75, 3.05) is 5.32 Å². The quantitative estimate of drug-likeness (QED) is 0.842. The normalized spacial score (nSPS) is 21.0. The highest BCUT2D eigenvalue weighted by Crippen LogP contribution is 2.40. The molecule has 2 amide bonds. The number of rotatable bonds is 6. The Morgan fingerprint density at radius 3 is 2.43 bits per heavy atom. The zero-order valence-corrected chi connectivity index (χ0v) is 14.8.